The Hall–Kier alpha value is -1.36. The smallest absolute Gasteiger partial charge is 0.134 e. The first-order valence-electron chi connectivity index (χ1n) is 6.62. The van der Waals surface area contributed by atoms with Crippen molar-refractivity contribution in [1.29, 1.82) is 0 Å². The maximum absolute atomic E-state index is 9.64. The SMILES string of the molecule is CCNc1cc(N2CCC(C(C)O)C2)nc(C)n1. The molecular weight excluding hydrogens is 228 g/mol. The lowest BCUT2D eigenvalue weighted by Gasteiger charge is -2.19. The van der Waals surface area contributed by atoms with E-state index in [9.17, 15) is 5.11 Å². The van der Waals surface area contributed by atoms with Crippen molar-refractivity contribution >= 4 is 11.6 Å². The fraction of sp³-hybridized carbons (Fsp3) is 0.692. The van der Waals surface area contributed by atoms with Crippen LogP contribution in [-0.2, 0) is 0 Å². The molecule has 1 aromatic heterocycles. The first kappa shape index (κ1) is 13.1. The van der Waals surface area contributed by atoms with Gasteiger partial charge in [0.05, 0.1) is 6.10 Å². The summed E-state index contributed by atoms with van der Waals surface area (Å²) >= 11 is 0. The number of hydrogen-bond donors (Lipinski definition) is 2. The third-order valence-electron chi connectivity index (χ3n) is 3.41. The average molecular weight is 250 g/mol. The van der Waals surface area contributed by atoms with E-state index in [-0.39, 0.29) is 6.10 Å². The Morgan fingerprint density at radius 2 is 2.33 bits per heavy atom. The molecule has 1 fully saturated rings. The van der Waals surface area contributed by atoms with E-state index < -0.39 is 0 Å². The summed E-state index contributed by atoms with van der Waals surface area (Å²) < 4.78 is 0. The van der Waals surface area contributed by atoms with Crippen LogP contribution in [0.1, 0.15) is 26.1 Å². The van der Waals surface area contributed by atoms with E-state index in [2.05, 4.69) is 27.1 Å². The predicted molar refractivity (Wildman–Crippen MR) is 72.9 cm³/mol. The summed E-state index contributed by atoms with van der Waals surface area (Å²) in [6, 6.07) is 1.99. The van der Waals surface area contributed by atoms with Gasteiger partial charge in [0, 0.05) is 31.6 Å². The lowest BCUT2D eigenvalue weighted by Crippen LogP contribution is -2.25. The molecular formula is C13H22N4O. The van der Waals surface area contributed by atoms with Crippen molar-refractivity contribution in [2.24, 2.45) is 5.92 Å². The summed E-state index contributed by atoms with van der Waals surface area (Å²) in [6.45, 7) is 8.51. The molecule has 2 rings (SSSR count). The van der Waals surface area contributed by atoms with Gasteiger partial charge in [-0.05, 0) is 27.2 Å². The monoisotopic (exact) mass is 250 g/mol. The lowest BCUT2D eigenvalue weighted by molar-refractivity contribution is 0.136. The van der Waals surface area contributed by atoms with E-state index in [0.717, 1.165) is 43.5 Å². The van der Waals surface area contributed by atoms with Crippen LogP contribution in [0.25, 0.3) is 0 Å². The van der Waals surface area contributed by atoms with E-state index >= 15 is 0 Å². The standard InChI is InChI=1S/C13H22N4O/c1-4-14-12-7-13(16-10(3)15-12)17-6-5-11(8-17)9(2)18/h7,9,11,18H,4-6,8H2,1-3H3,(H,14,15,16). The second-order valence-corrected chi connectivity index (χ2v) is 4.92. The van der Waals surface area contributed by atoms with Gasteiger partial charge in [0.2, 0.25) is 0 Å². The minimum absolute atomic E-state index is 0.244. The molecule has 0 aromatic carbocycles. The molecule has 2 atom stereocenters. The first-order valence-corrected chi connectivity index (χ1v) is 6.62. The maximum atomic E-state index is 9.64. The number of nitrogens with one attached hydrogen (secondary N) is 1. The molecule has 1 aliphatic rings. The zero-order valence-electron chi connectivity index (χ0n) is 11.3. The van der Waals surface area contributed by atoms with E-state index in [1.807, 2.05) is 19.9 Å². The highest BCUT2D eigenvalue weighted by Gasteiger charge is 2.27. The molecule has 1 aliphatic heterocycles. The maximum Gasteiger partial charge on any atom is 0.134 e. The van der Waals surface area contributed by atoms with Gasteiger partial charge in [-0.25, -0.2) is 9.97 Å². The summed E-state index contributed by atoms with van der Waals surface area (Å²) in [6.07, 6.45) is 0.781. The fourth-order valence-corrected chi connectivity index (χ4v) is 2.37. The van der Waals surface area contributed by atoms with Crippen LogP contribution in [0.2, 0.25) is 0 Å². The van der Waals surface area contributed by atoms with Gasteiger partial charge in [0.25, 0.3) is 0 Å². The summed E-state index contributed by atoms with van der Waals surface area (Å²) in [5.41, 5.74) is 0. The van der Waals surface area contributed by atoms with E-state index in [1.165, 1.54) is 0 Å². The molecule has 0 saturated carbocycles. The molecule has 2 heterocycles. The molecule has 5 nitrogen and oxygen atoms in total. The molecule has 2 unspecified atom stereocenters. The summed E-state index contributed by atoms with van der Waals surface area (Å²) in [4.78, 5) is 11.1. The molecule has 5 heteroatoms. The number of nitrogens with zero attached hydrogens (tertiary/aromatic N) is 3. The fourth-order valence-electron chi connectivity index (χ4n) is 2.37. The first-order chi connectivity index (χ1) is 8.60. The highest BCUT2D eigenvalue weighted by molar-refractivity contribution is 5.50. The van der Waals surface area contributed by atoms with E-state index in [1.54, 1.807) is 0 Å². The number of aryl methyl sites for hydroxylation is 1. The van der Waals surface area contributed by atoms with Crippen LogP contribution in [0.15, 0.2) is 6.07 Å². The van der Waals surface area contributed by atoms with Gasteiger partial charge < -0.3 is 15.3 Å². The highest BCUT2D eigenvalue weighted by atomic mass is 16.3. The molecule has 18 heavy (non-hydrogen) atoms. The van der Waals surface area contributed by atoms with Crippen LogP contribution >= 0.6 is 0 Å². The number of hydrogen-bond acceptors (Lipinski definition) is 5. The van der Waals surface area contributed by atoms with Gasteiger partial charge in [-0.1, -0.05) is 0 Å². The van der Waals surface area contributed by atoms with Crippen molar-refractivity contribution in [2.45, 2.75) is 33.3 Å². The Labute approximate surface area is 108 Å². The van der Waals surface area contributed by atoms with E-state index in [4.69, 9.17) is 0 Å². The van der Waals surface area contributed by atoms with Crippen LogP contribution in [0.4, 0.5) is 11.6 Å². The van der Waals surface area contributed by atoms with Crippen molar-refractivity contribution in [1.82, 2.24) is 9.97 Å². The molecule has 2 N–H and O–H groups in total. The Balaban J connectivity index is 2.13. The zero-order valence-corrected chi connectivity index (χ0v) is 11.3. The third-order valence-corrected chi connectivity index (χ3v) is 3.41. The summed E-state index contributed by atoms with van der Waals surface area (Å²) in [7, 11) is 0. The lowest BCUT2D eigenvalue weighted by atomic mass is 10.0. The molecule has 0 bridgehead atoms. The van der Waals surface area contributed by atoms with Crippen LogP contribution in [0, 0.1) is 12.8 Å². The van der Waals surface area contributed by atoms with Crippen LogP contribution in [-0.4, -0.2) is 40.8 Å². The van der Waals surface area contributed by atoms with Crippen molar-refractivity contribution in [3.05, 3.63) is 11.9 Å². The molecule has 0 amide bonds. The predicted octanol–water partition coefficient (Wildman–Crippen LogP) is 1.42. The topological polar surface area (TPSA) is 61.3 Å². The zero-order chi connectivity index (χ0) is 13.1. The summed E-state index contributed by atoms with van der Waals surface area (Å²) in [5, 5.41) is 12.9. The van der Waals surface area contributed by atoms with Gasteiger partial charge in [0.1, 0.15) is 17.5 Å². The van der Waals surface area contributed by atoms with Crippen LogP contribution in [0.3, 0.4) is 0 Å². The van der Waals surface area contributed by atoms with Crippen LogP contribution in [0.5, 0.6) is 0 Å². The molecule has 1 aromatic rings. The Morgan fingerprint density at radius 3 is 2.94 bits per heavy atom. The van der Waals surface area contributed by atoms with Gasteiger partial charge >= 0.3 is 0 Å². The number of rotatable bonds is 4. The highest BCUT2D eigenvalue weighted by Crippen LogP contribution is 2.25. The number of anilines is 2. The molecule has 100 valence electrons. The minimum atomic E-state index is -0.244. The van der Waals surface area contributed by atoms with Crippen molar-refractivity contribution in [3.8, 4) is 0 Å². The summed E-state index contributed by atoms with van der Waals surface area (Å²) in [5.74, 6) is 2.97. The molecule has 1 saturated heterocycles. The minimum Gasteiger partial charge on any atom is -0.393 e. The molecule has 0 radical (unpaired) electrons. The number of aliphatic hydroxyl groups excluding tert-OH is 1. The molecule has 0 spiro atoms. The van der Waals surface area contributed by atoms with Crippen molar-refractivity contribution in [3.63, 3.8) is 0 Å². The number of aliphatic hydroxyl groups is 1. The van der Waals surface area contributed by atoms with Crippen molar-refractivity contribution in [2.75, 3.05) is 29.9 Å². The third kappa shape index (κ3) is 2.90. The average Bonchev–Trinajstić information content (AvgIpc) is 2.78. The quantitative estimate of drug-likeness (QED) is 0.846. The van der Waals surface area contributed by atoms with Gasteiger partial charge in [-0.3, -0.25) is 0 Å². The van der Waals surface area contributed by atoms with E-state index in [0.29, 0.717) is 5.92 Å². The van der Waals surface area contributed by atoms with Gasteiger partial charge in [0.15, 0.2) is 0 Å². The Kier molecular flexibility index (Phi) is 4.01. The van der Waals surface area contributed by atoms with Crippen molar-refractivity contribution < 1.29 is 5.11 Å². The second kappa shape index (κ2) is 5.52. The normalized spacial score (nSPS) is 21.1. The van der Waals surface area contributed by atoms with Gasteiger partial charge in [-0.2, -0.15) is 0 Å². The number of aromatic nitrogens is 2. The Morgan fingerprint density at radius 1 is 1.56 bits per heavy atom. The largest absolute Gasteiger partial charge is 0.393 e. The Bertz CT molecular complexity index is 408. The van der Waals surface area contributed by atoms with Crippen LogP contribution < -0.4 is 10.2 Å². The second-order valence-electron chi connectivity index (χ2n) is 4.92. The molecule has 0 aliphatic carbocycles. The van der Waals surface area contributed by atoms with Gasteiger partial charge in [-0.15, -0.1) is 0 Å².